The molecule has 3 heteroatoms. The molecule has 3 nitrogen and oxygen atoms in total. The predicted molar refractivity (Wildman–Crippen MR) is 84.3 cm³/mol. The fraction of sp³-hybridized carbons (Fsp3) is 0.167. The van der Waals surface area contributed by atoms with E-state index in [0.29, 0.717) is 5.57 Å². The number of carboxylic acids is 1. The van der Waals surface area contributed by atoms with E-state index in [1.807, 2.05) is 60.7 Å². The number of fused-ring (bicyclic) bond motifs is 1. The number of anilines is 1. The van der Waals surface area contributed by atoms with Crippen LogP contribution in [0.2, 0.25) is 0 Å². The average molecular weight is 279 g/mol. The molecule has 21 heavy (non-hydrogen) atoms. The minimum absolute atomic E-state index is 0.0443. The van der Waals surface area contributed by atoms with Gasteiger partial charge in [0.1, 0.15) is 0 Å². The molecule has 0 aliphatic carbocycles. The molecule has 1 aliphatic heterocycles. The van der Waals surface area contributed by atoms with Crippen molar-refractivity contribution < 1.29 is 9.90 Å². The molecule has 3 rings (SSSR count). The molecule has 0 saturated heterocycles. The number of hydrogen-bond acceptors (Lipinski definition) is 2. The molecular formula is C18H17NO2. The zero-order chi connectivity index (χ0) is 14.8. The van der Waals surface area contributed by atoms with Crippen molar-refractivity contribution in [1.29, 1.82) is 0 Å². The van der Waals surface area contributed by atoms with Crippen LogP contribution in [0.25, 0.3) is 5.57 Å². The highest BCUT2D eigenvalue weighted by Crippen LogP contribution is 2.40. The van der Waals surface area contributed by atoms with Crippen LogP contribution in [-0.2, 0) is 4.79 Å². The highest BCUT2D eigenvalue weighted by atomic mass is 16.4. The van der Waals surface area contributed by atoms with Crippen LogP contribution in [0, 0.1) is 0 Å². The van der Waals surface area contributed by atoms with Crippen LogP contribution >= 0.6 is 0 Å². The third-order valence-corrected chi connectivity index (χ3v) is 3.88. The van der Waals surface area contributed by atoms with Crippen LogP contribution < -0.4 is 4.90 Å². The molecule has 0 bridgehead atoms. The first-order valence-corrected chi connectivity index (χ1v) is 7.08. The zero-order valence-electron chi connectivity index (χ0n) is 11.9. The lowest BCUT2D eigenvalue weighted by molar-refractivity contribution is -0.130. The molecule has 2 aromatic rings. The normalized spacial score (nSPS) is 17.1. The average Bonchev–Trinajstić information content (AvgIpc) is 2.53. The Morgan fingerprint density at radius 2 is 1.76 bits per heavy atom. The first-order valence-electron chi connectivity index (χ1n) is 7.08. The Bertz CT molecular complexity index is 691. The van der Waals surface area contributed by atoms with Crippen molar-refractivity contribution in [3.05, 3.63) is 71.8 Å². The summed E-state index contributed by atoms with van der Waals surface area (Å²) < 4.78 is 0. The number of rotatable bonds is 3. The fourth-order valence-corrected chi connectivity index (χ4v) is 2.92. The van der Waals surface area contributed by atoms with E-state index < -0.39 is 5.97 Å². The van der Waals surface area contributed by atoms with E-state index in [4.69, 9.17) is 0 Å². The van der Waals surface area contributed by atoms with Crippen molar-refractivity contribution >= 4 is 17.2 Å². The summed E-state index contributed by atoms with van der Waals surface area (Å²) >= 11 is 0. The molecule has 0 amide bonds. The first-order chi connectivity index (χ1) is 10.2. The van der Waals surface area contributed by atoms with Crippen molar-refractivity contribution in [3.63, 3.8) is 0 Å². The van der Waals surface area contributed by atoms with E-state index in [9.17, 15) is 9.90 Å². The Labute approximate surface area is 124 Å². The number of hydrogen-bond donors (Lipinski definition) is 1. The van der Waals surface area contributed by atoms with Gasteiger partial charge < -0.3 is 10.0 Å². The van der Waals surface area contributed by atoms with E-state index in [-0.39, 0.29) is 6.04 Å². The smallest absolute Gasteiger partial charge is 0.336 e. The van der Waals surface area contributed by atoms with Crippen LogP contribution in [0.15, 0.2) is 60.7 Å². The number of carboxylic acid groups (broad SMARTS) is 1. The molecule has 1 N–H and O–H groups in total. The van der Waals surface area contributed by atoms with Gasteiger partial charge in [-0.15, -0.1) is 0 Å². The quantitative estimate of drug-likeness (QED) is 0.930. The Hall–Kier alpha value is -2.55. The molecule has 0 saturated carbocycles. The van der Waals surface area contributed by atoms with Crippen LogP contribution in [0.3, 0.4) is 0 Å². The van der Waals surface area contributed by atoms with E-state index in [2.05, 4.69) is 11.8 Å². The van der Waals surface area contributed by atoms with Crippen molar-refractivity contribution in [3.8, 4) is 0 Å². The van der Waals surface area contributed by atoms with Gasteiger partial charge in [-0.25, -0.2) is 4.79 Å². The lowest BCUT2D eigenvalue weighted by Gasteiger charge is -2.36. The molecule has 1 aliphatic rings. The SMILES string of the molecule is CCN1c2ccccc2C(C(=O)O)=CC1c1ccccc1. The Morgan fingerprint density at radius 3 is 2.43 bits per heavy atom. The number of aliphatic carboxylic acids is 1. The molecule has 0 radical (unpaired) electrons. The molecule has 1 atom stereocenters. The fourth-order valence-electron chi connectivity index (χ4n) is 2.92. The maximum atomic E-state index is 11.6. The zero-order valence-corrected chi connectivity index (χ0v) is 11.9. The summed E-state index contributed by atoms with van der Waals surface area (Å²) in [6.07, 6.45) is 1.85. The van der Waals surface area contributed by atoms with Gasteiger partial charge in [-0.2, -0.15) is 0 Å². The van der Waals surface area contributed by atoms with E-state index in [1.165, 1.54) is 0 Å². The van der Waals surface area contributed by atoms with Crippen molar-refractivity contribution in [1.82, 2.24) is 0 Å². The van der Waals surface area contributed by atoms with Gasteiger partial charge in [-0.05, 0) is 24.6 Å². The number of likely N-dealkylation sites (N-methyl/N-ethyl adjacent to an activating group) is 1. The topological polar surface area (TPSA) is 40.5 Å². The summed E-state index contributed by atoms with van der Waals surface area (Å²) in [5.41, 5.74) is 3.25. The molecule has 2 aromatic carbocycles. The second-order valence-corrected chi connectivity index (χ2v) is 5.04. The van der Waals surface area contributed by atoms with Gasteiger partial charge in [0.05, 0.1) is 11.6 Å². The summed E-state index contributed by atoms with van der Waals surface area (Å²) in [5.74, 6) is -0.876. The van der Waals surface area contributed by atoms with Gasteiger partial charge in [0.2, 0.25) is 0 Å². The highest BCUT2D eigenvalue weighted by molar-refractivity contribution is 6.18. The van der Waals surface area contributed by atoms with Crippen molar-refractivity contribution in [2.75, 3.05) is 11.4 Å². The standard InChI is InChI=1S/C18H17NO2/c1-2-19-16-11-7-6-10-14(16)15(18(20)21)12-17(19)13-8-4-3-5-9-13/h3-12,17H,2H2,1H3,(H,20,21). The third-order valence-electron chi connectivity index (χ3n) is 3.88. The third kappa shape index (κ3) is 2.31. The monoisotopic (exact) mass is 279 g/mol. The molecule has 106 valence electrons. The van der Waals surface area contributed by atoms with Gasteiger partial charge in [0.15, 0.2) is 0 Å². The van der Waals surface area contributed by atoms with Crippen LogP contribution in [0.5, 0.6) is 0 Å². The second kappa shape index (κ2) is 5.44. The second-order valence-electron chi connectivity index (χ2n) is 5.04. The molecule has 1 unspecified atom stereocenters. The van der Waals surface area contributed by atoms with Crippen LogP contribution in [-0.4, -0.2) is 17.6 Å². The minimum atomic E-state index is -0.876. The van der Waals surface area contributed by atoms with Gasteiger partial charge >= 0.3 is 5.97 Å². The molecule has 1 heterocycles. The molecule has 0 spiro atoms. The number of benzene rings is 2. The molecule has 0 fully saturated rings. The summed E-state index contributed by atoms with van der Waals surface area (Å²) in [7, 11) is 0. The van der Waals surface area contributed by atoms with Gasteiger partial charge in [0, 0.05) is 17.8 Å². The van der Waals surface area contributed by atoms with E-state index in [0.717, 1.165) is 23.4 Å². The minimum Gasteiger partial charge on any atom is -0.478 e. The largest absolute Gasteiger partial charge is 0.478 e. The summed E-state index contributed by atoms with van der Waals surface area (Å²) in [6, 6.07) is 17.7. The van der Waals surface area contributed by atoms with Crippen molar-refractivity contribution in [2.45, 2.75) is 13.0 Å². The summed E-state index contributed by atoms with van der Waals surface area (Å²) in [6.45, 7) is 2.91. The van der Waals surface area contributed by atoms with Gasteiger partial charge in [-0.1, -0.05) is 48.5 Å². The predicted octanol–water partition coefficient (Wildman–Crippen LogP) is 3.74. The van der Waals surface area contributed by atoms with E-state index in [1.54, 1.807) is 0 Å². The highest BCUT2D eigenvalue weighted by Gasteiger charge is 2.28. The Morgan fingerprint density at radius 1 is 1.10 bits per heavy atom. The Kier molecular flexibility index (Phi) is 3.48. The molecule has 0 aromatic heterocycles. The lowest BCUT2D eigenvalue weighted by Crippen LogP contribution is -2.31. The number of nitrogens with zero attached hydrogens (tertiary/aromatic N) is 1. The summed E-state index contributed by atoms with van der Waals surface area (Å²) in [5, 5.41) is 9.52. The maximum Gasteiger partial charge on any atom is 0.336 e. The first kappa shape index (κ1) is 13.4. The van der Waals surface area contributed by atoms with Crippen LogP contribution in [0.1, 0.15) is 24.1 Å². The Balaban J connectivity index is 2.18. The van der Waals surface area contributed by atoms with Crippen LogP contribution in [0.4, 0.5) is 5.69 Å². The number of para-hydroxylation sites is 1. The van der Waals surface area contributed by atoms with Gasteiger partial charge in [0.25, 0.3) is 0 Å². The molecular weight excluding hydrogens is 262 g/mol. The summed E-state index contributed by atoms with van der Waals surface area (Å²) in [4.78, 5) is 13.8. The maximum absolute atomic E-state index is 11.6. The van der Waals surface area contributed by atoms with Crippen molar-refractivity contribution in [2.24, 2.45) is 0 Å². The lowest BCUT2D eigenvalue weighted by atomic mass is 9.91. The van der Waals surface area contributed by atoms with Gasteiger partial charge in [-0.3, -0.25) is 0 Å². The number of carbonyl (C=O) groups is 1. The van der Waals surface area contributed by atoms with E-state index >= 15 is 0 Å².